The molecule has 0 aliphatic heterocycles. The zero-order valence-corrected chi connectivity index (χ0v) is 10.8. The zero-order valence-electron chi connectivity index (χ0n) is 9.97. The number of nitrogens with one attached hydrogen (secondary N) is 1. The zero-order chi connectivity index (χ0) is 12.7. The van der Waals surface area contributed by atoms with Crippen LogP contribution in [0.5, 0.6) is 5.75 Å². The standard InChI is InChI=1S/C12H17NO3S/c1-13-11(12(14)15)6-7-17-10-5-3-4-9(8-10)16-2/h3-5,8,11,13H,6-7H2,1-2H3,(H,14,15). The van der Waals surface area contributed by atoms with Gasteiger partial charge in [0.25, 0.3) is 0 Å². The van der Waals surface area contributed by atoms with E-state index in [4.69, 9.17) is 9.84 Å². The summed E-state index contributed by atoms with van der Waals surface area (Å²) in [5, 5.41) is 11.6. The third kappa shape index (κ3) is 4.66. The molecule has 94 valence electrons. The van der Waals surface area contributed by atoms with E-state index in [0.29, 0.717) is 6.42 Å². The Morgan fingerprint density at radius 3 is 2.94 bits per heavy atom. The molecule has 0 spiro atoms. The minimum absolute atomic E-state index is 0.479. The number of aliphatic carboxylic acids is 1. The van der Waals surface area contributed by atoms with Crippen LogP contribution in [0, 0.1) is 0 Å². The second-order valence-electron chi connectivity index (χ2n) is 3.50. The van der Waals surface area contributed by atoms with Gasteiger partial charge in [0.05, 0.1) is 7.11 Å². The van der Waals surface area contributed by atoms with Gasteiger partial charge in [-0.1, -0.05) is 6.07 Å². The smallest absolute Gasteiger partial charge is 0.320 e. The summed E-state index contributed by atoms with van der Waals surface area (Å²) < 4.78 is 5.12. The van der Waals surface area contributed by atoms with Gasteiger partial charge in [0, 0.05) is 10.6 Å². The largest absolute Gasteiger partial charge is 0.497 e. The van der Waals surface area contributed by atoms with Crippen LogP contribution in [0.1, 0.15) is 6.42 Å². The number of methoxy groups -OCH3 is 1. The lowest BCUT2D eigenvalue weighted by Gasteiger charge is -2.10. The number of ether oxygens (including phenoxy) is 1. The predicted octanol–water partition coefficient (Wildman–Crippen LogP) is 1.85. The number of carbonyl (C=O) groups is 1. The van der Waals surface area contributed by atoms with E-state index in [0.717, 1.165) is 16.4 Å². The number of hydrogen-bond donors (Lipinski definition) is 2. The number of carboxylic acid groups (broad SMARTS) is 1. The van der Waals surface area contributed by atoms with Gasteiger partial charge < -0.3 is 15.2 Å². The lowest BCUT2D eigenvalue weighted by Crippen LogP contribution is -2.34. The summed E-state index contributed by atoms with van der Waals surface area (Å²) in [6, 6.07) is 7.27. The quantitative estimate of drug-likeness (QED) is 0.728. The lowest BCUT2D eigenvalue weighted by atomic mass is 10.2. The Hall–Kier alpha value is -1.20. The molecule has 1 aromatic rings. The van der Waals surface area contributed by atoms with E-state index in [1.165, 1.54) is 0 Å². The van der Waals surface area contributed by atoms with Gasteiger partial charge in [0.15, 0.2) is 0 Å². The molecule has 0 saturated carbocycles. The third-order valence-corrected chi connectivity index (χ3v) is 3.39. The van der Waals surface area contributed by atoms with Crippen molar-refractivity contribution < 1.29 is 14.6 Å². The highest BCUT2D eigenvalue weighted by Crippen LogP contribution is 2.23. The van der Waals surface area contributed by atoms with Gasteiger partial charge in [-0.25, -0.2) is 0 Å². The van der Waals surface area contributed by atoms with Crippen molar-refractivity contribution in [3.8, 4) is 5.75 Å². The van der Waals surface area contributed by atoms with Crippen molar-refractivity contribution in [1.29, 1.82) is 0 Å². The Morgan fingerprint density at radius 2 is 2.35 bits per heavy atom. The minimum Gasteiger partial charge on any atom is -0.497 e. The van der Waals surface area contributed by atoms with E-state index in [1.54, 1.807) is 25.9 Å². The fourth-order valence-corrected chi connectivity index (χ4v) is 2.34. The molecule has 17 heavy (non-hydrogen) atoms. The Labute approximate surface area is 105 Å². The summed E-state index contributed by atoms with van der Waals surface area (Å²) in [5.41, 5.74) is 0. The maximum Gasteiger partial charge on any atom is 0.320 e. The number of thioether (sulfide) groups is 1. The van der Waals surface area contributed by atoms with Crippen LogP contribution < -0.4 is 10.1 Å². The van der Waals surface area contributed by atoms with Gasteiger partial charge >= 0.3 is 5.97 Å². The highest BCUT2D eigenvalue weighted by Gasteiger charge is 2.13. The number of likely N-dealkylation sites (N-methyl/N-ethyl adjacent to an activating group) is 1. The molecule has 0 aromatic heterocycles. The van der Waals surface area contributed by atoms with E-state index < -0.39 is 12.0 Å². The van der Waals surface area contributed by atoms with Crippen molar-refractivity contribution in [3.05, 3.63) is 24.3 Å². The number of benzene rings is 1. The Kier molecular flexibility index (Phi) is 5.86. The number of rotatable bonds is 7. The summed E-state index contributed by atoms with van der Waals surface area (Å²) in [4.78, 5) is 11.9. The summed E-state index contributed by atoms with van der Waals surface area (Å²) in [6.45, 7) is 0. The second kappa shape index (κ2) is 7.19. The monoisotopic (exact) mass is 255 g/mol. The molecule has 1 aromatic carbocycles. The number of hydrogen-bond acceptors (Lipinski definition) is 4. The van der Waals surface area contributed by atoms with Crippen LogP contribution in [-0.2, 0) is 4.79 Å². The molecule has 5 heteroatoms. The predicted molar refractivity (Wildman–Crippen MR) is 68.8 cm³/mol. The van der Waals surface area contributed by atoms with Crippen molar-refractivity contribution in [1.82, 2.24) is 5.32 Å². The molecule has 0 aliphatic rings. The molecule has 0 heterocycles. The van der Waals surface area contributed by atoms with Gasteiger partial charge in [0.2, 0.25) is 0 Å². The molecule has 0 amide bonds. The maximum atomic E-state index is 10.8. The van der Waals surface area contributed by atoms with Crippen LogP contribution in [0.3, 0.4) is 0 Å². The topological polar surface area (TPSA) is 58.6 Å². The first-order valence-corrected chi connectivity index (χ1v) is 6.33. The van der Waals surface area contributed by atoms with Crippen LogP contribution in [-0.4, -0.2) is 37.0 Å². The molecule has 0 fully saturated rings. The molecule has 1 atom stereocenters. The van der Waals surface area contributed by atoms with Gasteiger partial charge in [-0.15, -0.1) is 11.8 Å². The molecule has 0 aliphatic carbocycles. The molecule has 4 nitrogen and oxygen atoms in total. The molecule has 1 unspecified atom stereocenters. The number of carboxylic acids is 1. The Morgan fingerprint density at radius 1 is 1.59 bits per heavy atom. The van der Waals surface area contributed by atoms with E-state index >= 15 is 0 Å². The average molecular weight is 255 g/mol. The summed E-state index contributed by atoms with van der Waals surface area (Å²) in [7, 11) is 3.29. The van der Waals surface area contributed by atoms with Crippen molar-refractivity contribution in [2.75, 3.05) is 19.9 Å². The third-order valence-electron chi connectivity index (χ3n) is 2.36. The van der Waals surface area contributed by atoms with Crippen LogP contribution in [0.2, 0.25) is 0 Å². The molecule has 0 radical (unpaired) electrons. The molecular formula is C12H17NO3S. The first-order valence-electron chi connectivity index (χ1n) is 5.34. The van der Waals surface area contributed by atoms with E-state index in [-0.39, 0.29) is 0 Å². The SMILES string of the molecule is CNC(CCSc1cccc(OC)c1)C(=O)O. The Balaban J connectivity index is 2.42. The summed E-state index contributed by atoms with van der Waals surface area (Å²) in [6.07, 6.45) is 0.591. The highest BCUT2D eigenvalue weighted by molar-refractivity contribution is 7.99. The first kappa shape index (κ1) is 13.9. The van der Waals surface area contributed by atoms with Crippen LogP contribution >= 0.6 is 11.8 Å². The van der Waals surface area contributed by atoms with Crippen molar-refractivity contribution in [3.63, 3.8) is 0 Å². The van der Waals surface area contributed by atoms with Crippen LogP contribution in [0.25, 0.3) is 0 Å². The second-order valence-corrected chi connectivity index (χ2v) is 4.66. The van der Waals surface area contributed by atoms with Gasteiger partial charge in [-0.3, -0.25) is 4.79 Å². The maximum absolute atomic E-state index is 10.8. The molecular weight excluding hydrogens is 238 g/mol. The Bertz CT molecular complexity index is 371. The molecule has 1 rings (SSSR count). The normalized spacial score (nSPS) is 12.1. The molecule has 0 saturated heterocycles. The van der Waals surface area contributed by atoms with E-state index in [9.17, 15) is 4.79 Å². The van der Waals surface area contributed by atoms with Crippen LogP contribution in [0.15, 0.2) is 29.2 Å². The fourth-order valence-electron chi connectivity index (χ4n) is 1.38. The summed E-state index contributed by atoms with van der Waals surface area (Å²) >= 11 is 1.63. The van der Waals surface area contributed by atoms with Crippen molar-refractivity contribution in [2.45, 2.75) is 17.4 Å². The van der Waals surface area contributed by atoms with Crippen LogP contribution in [0.4, 0.5) is 0 Å². The van der Waals surface area contributed by atoms with Crippen molar-refractivity contribution in [2.24, 2.45) is 0 Å². The first-order chi connectivity index (χ1) is 8.17. The minimum atomic E-state index is -0.807. The van der Waals surface area contributed by atoms with Gasteiger partial charge in [0.1, 0.15) is 11.8 Å². The fraction of sp³-hybridized carbons (Fsp3) is 0.417. The highest BCUT2D eigenvalue weighted by atomic mass is 32.2. The van der Waals surface area contributed by atoms with Gasteiger partial charge in [-0.2, -0.15) is 0 Å². The van der Waals surface area contributed by atoms with E-state index in [1.807, 2.05) is 24.3 Å². The molecule has 2 N–H and O–H groups in total. The van der Waals surface area contributed by atoms with E-state index in [2.05, 4.69) is 5.32 Å². The van der Waals surface area contributed by atoms with Gasteiger partial charge in [-0.05, 0) is 31.7 Å². The average Bonchev–Trinajstić information content (AvgIpc) is 2.34. The summed E-state index contributed by atoms with van der Waals surface area (Å²) in [5.74, 6) is 0.766. The van der Waals surface area contributed by atoms with Crippen molar-refractivity contribution >= 4 is 17.7 Å². The molecule has 0 bridgehead atoms. The lowest BCUT2D eigenvalue weighted by molar-refractivity contribution is -0.139.